The Morgan fingerprint density at radius 2 is 1.84 bits per heavy atom. The Morgan fingerprint density at radius 1 is 1.11 bits per heavy atom. The van der Waals surface area contributed by atoms with E-state index in [0.29, 0.717) is 5.56 Å². The van der Waals surface area contributed by atoms with E-state index >= 15 is 0 Å². The van der Waals surface area contributed by atoms with Gasteiger partial charge in [0.1, 0.15) is 11.6 Å². The van der Waals surface area contributed by atoms with E-state index in [2.05, 4.69) is 5.32 Å². The molecule has 0 unspecified atom stereocenters. The topological polar surface area (TPSA) is 29.1 Å². The average Bonchev–Trinajstić information content (AvgIpc) is 2.36. The molecular formula is C14H10ClF2NO. The summed E-state index contributed by atoms with van der Waals surface area (Å²) >= 11 is 5.77. The molecule has 0 saturated heterocycles. The van der Waals surface area contributed by atoms with E-state index in [1.165, 1.54) is 18.2 Å². The molecule has 0 fully saturated rings. The van der Waals surface area contributed by atoms with Crippen LogP contribution in [0, 0.1) is 11.6 Å². The standard InChI is InChI=1S/C14H10ClF2NO/c15-13-7-11(17)4-5-12(13)14(19)18-8-9-2-1-3-10(16)6-9/h1-7H,8H2,(H,18,19). The molecule has 98 valence electrons. The predicted molar refractivity (Wildman–Crippen MR) is 69.0 cm³/mol. The van der Waals surface area contributed by atoms with Gasteiger partial charge in [-0.15, -0.1) is 0 Å². The molecule has 0 saturated carbocycles. The highest BCUT2D eigenvalue weighted by molar-refractivity contribution is 6.33. The molecule has 0 heterocycles. The van der Waals surface area contributed by atoms with Crippen molar-refractivity contribution < 1.29 is 13.6 Å². The smallest absolute Gasteiger partial charge is 0.253 e. The van der Waals surface area contributed by atoms with Crippen LogP contribution in [-0.2, 0) is 6.54 Å². The Balaban J connectivity index is 2.05. The highest BCUT2D eigenvalue weighted by atomic mass is 35.5. The lowest BCUT2D eigenvalue weighted by Crippen LogP contribution is -2.23. The van der Waals surface area contributed by atoms with Crippen molar-refractivity contribution >= 4 is 17.5 Å². The molecule has 0 aromatic heterocycles. The van der Waals surface area contributed by atoms with Gasteiger partial charge >= 0.3 is 0 Å². The molecule has 0 spiro atoms. The van der Waals surface area contributed by atoms with Gasteiger partial charge in [0, 0.05) is 6.54 Å². The number of hydrogen-bond donors (Lipinski definition) is 1. The zero-order valence-electron chi connectivity index (χ0n) is 9.79. The SMILES string of the molecule is O=C(NCc1cccc(F)c1)c1ccc(F)cc1Cl. The van der Waals surface area contributed by atoms with E-state index in [4.69, 9.17) is 11.6 Å². The molecule has 5 heteroatoms. The van der Waals surface area contributed by atoms with E-state index < -0.39 is 11.7 Å². The van der Waals surface area contributed by atoms with Crippen molar-refractivity contribution in [2.75, 3.05) is 0 Å². The highest BCUT2D eigenvalue weighted by Gasteiger charge is 2.10. The minimum atomic E-state index is -0.508. The second-order valence-corrected chi connectivity index (χ2v) is 4.34. The summed E-state index contributed by atoms with van der Waals surface area (Å²) in [4.78, 5) is 11.8. The van der Waals surface area contributed by atoms with Gasteiger partial charge in [-0.05, 0) is 35.9 Å². The fourth-order valence-corrected chi connectivity index (χ4v) is 1.85. The van der Waals surface area contributed by atoms with Crippen LogP contribution in [0.2, 0.25) is 5.02 Å². The second kappa shape index (κ2) is 5.80. The van der Waals surface area contributed by atoms with Gasteiger partial charge in [-0.3, -0.25) is 4.79 Å². The molecule has 2 aromatic rings. The van der Waals surface area contributed by atoms with Gasteiger partial charge in [0.2, 0.25) is 0 Å². The molecule has 1 N–H and O–H groups in total. The average molecular weight is 282 g/mol. The summed E-state index contributed by atoms with van der Waals surface area (Å²) in [5, 5.41) is 2.63. The van der Waals surface area contributed by atoms with Gasteiger partial charge in [0.15, 0.2) is 0 Å². The minimum Gasteiger partial charge on any atom is -0.348 e. The van der Waals surface area contributed by atoms with Crippen LogP contribution in [0.3, 0.4) is 0 Å². The molecule has 0 aliphatic heterocycles. The number of hydrogen-bond acceptors (Lipinski definition) is 1. The molecule has 2 nitrogen and oxygen atoms in total. The Morgan fingerprint density at radius 3 is 2.53 bits per heavy atom. The van der Waals surface area contributed by atoms with Gasteiger partial charge in [-0.25, -0.2) is 8.78 Å². The van der Waals surface area contributed by atoms with E-state index in [-0.39, 0.29) is 22.9 Å². The fraction of sp³-hybridized carbons (Fsp3) is 0.0714. The summed E-state index contributed by atoms with van der Waals surface area (Å²) in [5.41, 5.74) is 0.811. The van der Waals surface area contributed by atoms with Crippen LogP contribution < -0.4 is 5.32 Å². The molecule has 2 aromatic carbocycles. The van der Waals surface area contributed by atoms with Crippen molar-refractivity contribution in [2.24, 2.45) is 0 Å². The quantitative estimate of drug-likeness (QED) is 0.916. The lowest BCUT2D eigenvalue weighted by Gasteiger charge is -2.07. The van der Waals surface area contributed by atoms with Gasteiger partial charge in [0.25, 0.3) is 5.91 Å². The minimum absolute atomic E-state index is 0.0387. The van der Waals surface area contributed by atoms with Gasteiger partial charge in [-0.1, -0.05) is 23.7 Å². The van der Waals surface area contributed by atoms with E-state index in [9.17, 15) is 13.6 Å². The predicted octanol–water partition coefficient (Wildman–Crippen LogP) is 3.55. The van der Waals surface area contributed by atoms with Crippen molar-refractivity contribution in [3.05, 3.63) is 70.2 Å². The van der Waals surface area contributed by atoms with Crippen molar-refractivity contribution in [1.29, 1.82) is 0 Å². The molecule has 0 atom stereocenters. The summed E-state index contributed by atoms with van der Waals surface area (Å²) in [7, 11) is 0. The van der Waals surface area contributed by atoms with Crippen molar-refractivity contribution in [3.63, 3.8) is 0 Å². The summed E-state index contributed by atoms with van der Waals surface area (Å²) in [5.74, 6) is -1.31. The number of carbonyl (C=O) groups excluding carboxylic acids is 1. The van der Waals surface area contributed by atoms with Gasteiger partial charge in [0.05, 0.1) is 10.6 Å². The number of carbonyl (C=O) groups is 1. The van der Waals surface area contributed by atoms with Crippen LogP contribution in [0.25, 0.3) is 0 Å². The number of rotatable bonds is 3. The Hall–Kier alpha value is -1.94. The first kappa shape index (κ1) is 13.5. The van der Waals surface area contributed by atoms with E-state index in [1.807, 2.05) is 0 Å². The third kappa shape index (κ3) is 3.51. The first-order chi connectivity index (χ1) is 9.06. The van der Waals surface area contributed by atoms with Crippen LogP contribution in [0.5, 0.6) is 0 Å². The van der Waals surface area contributed by atoms with Crippen LogP contribution in [0.4, 0.5) is 8.78 Å². The lowest BCUT2D eigenvalue weighted by molar-refractivity contribution is 0.0951. The Bertz CT molecular complexity index is 616. The van der Waals surface area contributed by atoms with Crippen LogP contribution >= 0.6 is 11.6 Å². The Kier molecular flexibility index (Phi) is 4.12. The largest absolute Gasteiger partial charge is 0.348 e. The van der Waals surface area contributed by atoms with E-state index in [1.54, 1.807) is 12.1 Å². The maximum Gasteiger partial charge on any atom is 0.253 e. The monoisotopic (exact) mass is 281 g/mol. The zero-order chi connectivity index (χ0) is 13.8. The molecule has 0 aliphatic rings. The molecule has 0 radical (unpaired) electrons. The van der Waals surface area contributed by atoms with Crippen LogP contribution in [0.15, 0.2) is 42.5 Å². The van der Waals surface area contributed by atoms with Crippen molar-refractivity contribution in [2.45, 2.75) is 6.54 Å². The lowest BCUT2D eigenvalue weighted by atomic mass is 10.2. The van der Waals surface area contributed by atoms with Crippen LogP contribution in [-0.4, -0.2) is 5.91 Å². The van der Waals surface area contributed by atoms with Crippen molar-refractivity contribution in [1.82, 2.24) is 5.32 Å². The molecular weight excluding hydrogens is 272 g/mol. The third-order valence-corrected chi connectivity index (χ3v) is 2.83. The molecule has 2 rings (SSSR count). The number of halogens is 3. The normalized spacial score (nSPS) is 10.3. The molecule has 1 amide bonds. The maximum absolute atomic E-state index is 12.9. The first-order valence-electron chi connectivity index (χ1n) is 5.54. The summed E-state index contributed by atoms with van der Waals surface area (Å²) in [6.07, 6.45) is 0. The third-order valence-electron chi connectivity index (χ3n) is 2.52. The fourth-order valence-electron chi connectivity index (χ4n) is 1.60. The summed E-state index contributed by atoms with van der Waals surface area (Å²) in [6.45, 7) is 0.171. The summed E-state index contributed by atoms with van der Waals surface area (Å²) < 4.78 is 25.8. The van der Waals surface area contributed by atoms with Crippen molar-refractivity contribution in [3.8, 4) is 0 Å². The number of nitrogens with one attached hydrogen (secondary N) is 1. The van der Waals surface area contributed by atoms with Crippen LogP contribution in [0.1, 0.15) is 15.9 Å². The Labute approximate surface area is 114 Å². The van der Waals surface area contributed by atoms with Gasteiger partial charge < -0.3 is 5.32 Å². The molecule has 19 heavy (non-hydrogen) atoms. The highest BCUT2D eigenvalue weighted by Crippen LogP contribution is 2.17. The zero-order valence-corrected chi connectivity index (χ0v) is 10.5. The van der Waals surface area contributed by atoms with E-state index in [0.717, 1.165) is 12.1 Å². The summed E-state index contributed by atoms with van der Waals surface area (Å²) in [6, 6.07) is 9.42. The molecule has 0 bridgehead atoms. The maximum atomic E-state index is 12.9. The molecule has 0 aliphatic carbocycles. The van der Waals surface area contributed by atoms with Gasteiger partial charge in [-0.2, -0.15) is 0 Å². The number of amides is 1. The number of benzene rings is 2. The first-order valence-corrected chi connectivity index (χ1v) is 5.92. The second-order valence-electron chi connectivity index (χ2n) is 3.94.